The van der Waals surface area contributed by atoms with Crippen molar-refractivity contribution in [1.82, 2.24) is 15.3 Å². The summed E-state index contributed by atoms with van der Waals surface area (Å²) in [6.45, 7) is 0. The van der Waals surface area contributed by atoms with E-state index in [0.29, 0.717) is 5.56 Å². The lowest BCUT2D eigenvalue weighted by atomic mass is 9.85. The van der Waals surface area contributed by atoms with Crippen molar-refractivity contribution in [2.24, 2.45) is 11.7 Å². The summed E-state index contributed by atoms with van der Waals surface area (Å²) in [5, 5.41) is 4.16. The number of hydroxylamine groups is 1. The van der Waals surface area contributed by atoms with Crippen LogP contribution in [0.15, 0.2) is 12.4 Å². The second-order valence-electron chi connectivity index (χ2n) is 4.75. The SMILES string of the molecule is CONC(=O)C1CCC(n2cc(C(N)=O)cn2)CC1. The fourth-order valence-electron chi connectivity index (χ4n) is 2.45. The molecule has 0 aliphatic heterocycles. The van der Waals surface area contributed by atoms with E-state index >= 15 is 0 Å². The Bertz CT molecular complexity index is 463. The zero-order chi connectivity index (χ0) is 13.8. The highest BCUT2D eigenvalue weighted by atomic mass is 16.6. The van der Waals surface area contributed by atoms with E-state index in [2.05, 4.69) is 15.4 Å². The highest BCUT2D eigenvalue weighted by Gasteiger charge is 2.27. The van der Waals surface area contributed by atoms with Gasteiger partial charge in [-0.25, -0.2) is 5.48 Å². The minimum absolute atomic E-state index is 0.0117. The maximum Gasteiger partial charge on any atom is 0.251 e. The van der Waals surface area contributed by atoms with Crippen LogP contribution in [0.2, 0.25) is 0 Å². The number of amides is 2. The van der Waals surface area contributed by atoms with Crippen LogP contribution in [0.3, 0.4) is 0 Å². The molecule has 1 aliphatic carbocycles. The first-order valence-electron chi connectivity index (χ1n) is 6.28. The molecule has 1 fully saturated rings. The molecule has 7 heteroatoms. The van der Waals surface area contributed by atoms with Gasteiger partial charge in [-0.3, -0.25) is 19.1 Å². The lowest BCUT2D eigenvalue weighted by molar-refractivity contribution is -0.136. The van der Waals surface area contributed by atoms with Crippen LogP contribution in [-0.2, 0) is 9.63 Å². The van der Waals surface area contributed by atoms with Gasteiger partial charge in [0.25, 0.3) is 5.91 Å². The van der Waals surface area contributed by atoms with Gasteiger partial charge in [0.05, 0.1) is 24.9 Å². The summed E-state index contributed by atoms with van der Waals surface area (Å²) in [5.74, 6) is -0.555. The van der Waals surface area contributed by atoms with E-state index in [0.717, 1.165) is 25.7 Å². The molecule has 0 atom stereocenters. The van der Waals surface area contributed by atoms with Crippen molar-refractivity contribution in [3.63, 3.8) is 0 Å². The van der Waals surface area contributed by atoms with Gasteiger partial charge in [0.1, 0.15) is 0 Å². The second-order valence-corrected chi connectivity index (χ2v) is 4.75. The molecule has 0 bridgehead atoms. The Balaban J connectivity index is 1.92. The van der Waals surface area contributed by atoms with Crippen molar-refractivity contribution >= 4 is 11.8 Å². The average molecular weight is 266 g/mol. The van der Waals surface area contributed by atoms with Gasteiger partial charge >= 0.3 is 0 Å². The molecule has 1 saturated carbocycles. The number of nitrogens with zero attached hydrogens (tertiary/aromatic N) is 2. The molecule has 1 aliphatic rings. The Kier molecular flexibility index (Phi) is 4.16. The number of nitrogens with one attached hydrogen (secondary N) is 1. The van der Waals surface area contributed by atoms with Gasteiger partial charge in [0, 0.05) is 12.1 Å². The maximum absolute atomic E-state index is 11.6. The molecule has 0 spiro atoms. The highest BCUT2D eigenvalue weighted by molar-refractivity contribution is 5.92. The normalized spacial score (nSPS) is 23.0. The average Bonchev–Trinajstić information content (AvgIpc) is 2.89. The lowest BCUT2D eigenvalue weighted by Crippen LogP contribution is -2.33. The molecule has 1 aromatic heterocycles. The van der Waals surface area contributed by atoms with Gasteiger partial charge in [-0.15, -0.1) is 0 Å². The van der Waals surface area contributed by atoms with Crippen molar-refractivity contribution in [1.29, 1.82) is 0 Å². The van der Waals surface area contributed by atoms with Crippen molar-refractivity contribution in [3.05, 3.63) is 18.0 Å². The zero-order valence-corrected chi connectivity index (χ0v) is 10.8. The summed E-state index contributed by atoms with van der Waals surface area (Å²) in [6.07, 6.45) is 6.41. The Morgan fingerprint density at radius 3 is 2.63 bits per heavy atom. The Hall–Kier alpha value is -1.89. The standard InChI is InChI=1S/C12H18N4O3/c1-19-15-12(18)8-2-4-10(5-3-8)16-7-9(6-14-16)11(13)17/h6-8,10H,2-5H2,1H3,(H2,13,17)(H,15,18). The molecule has 1 heterocycles. The van der Waals surface area contributed by atoms with Crippen molar-refractivity contribution < 1.29 is 14.4 Å². The minimum atomic E-state index is -0.473. The summed E-state index contributed by atoms with van der Waals surface area (Å²) in [7, 11) is 1.43. The van der Waals surface area contributed by atoms with E-state index in [4.69, 9.17) is 5.73 Å². The van der Waals surface area contributed by atoms with Crippen molar-refractivity contribution in [2.45, 2.75) is 31.7 Å². The van der Waals surface area contributed by atoms with Crippen LogP contribution in [0, 0.1) is 5.92 Å². The third-order valence-corrected chi connectivity index (χ3v) is 3.53. The van der Waals surface area contributed by atoms with E-state index in [9.17, 15) is 9.59 Å². The molecule has 104 valence electrons. The van der Waals surface area contributed by atoms with Gasteiger partial charge in [-0.2, -0.15) is 5.10 Å². The van der Waals surface area contributed by atoms with Crippen LogP contribution in [0.4, 0.5) is 0 Å². The molecule has 0 radical (unpaired) electrons. The van der Waals surface area contributed by atoms with E-state index in [1.165, 1.54) is 13.3 Å². The maximum atomic E-state index is 11.6. The van der Waals surface area contributed by atoms with E-state index in [1.807, 2.05) is 0 Å². The molecule has 0 aromatic carbocycles. The molecule has 3 N–H and O–H groups in total. The van der Waals surface area contributed by atoms with Gasteiger partial charge in [-0.05, 0) is 25.7 Å². The molecule has 19 heavy (non-hydrogen) atoms. The Morgan fingerprint density at radius 2 is 2.11 bits per heavy atom. The monoisotopic (exact) mass is 266 g/mol. The molecule has 0 saturated heterocycles. The third kappa shape index (κ3) is 3.11. The lowest BCUT2D eigenvalue weighted by Gasteiger charge is -2.27. The summed E-state index contributed by atoms with van der Waals surface area (Å²) in [5.41, 5.74) is 7.97. The first kappa shape index (κ1) is 13.5. The molecule has 7 nitrogen and oxygen atoms in total. The van der Waals surface area contributed by atoms with Crippen molar-refractivity contribution in [3.8, 4) is 0 Å². The van der Waals surface area contributed by atoms with Crippen LogP contribution in [0.5, 0.6) is 0 Å². The fraction of sp³-hybridized carbons (Fsp3) is 0.583. The number of carbonyl (C=O) groups is 2. The van der Waals surface area contributed by atoms with E-state index in [-0.39, 0.29) is 17.9 Å². The van der Waals surface area contributed by atoms with E-state index in [1.54, 1.807) is 10.9 Å². The van der Waals surface area contributed by atoms with Crippen LogP contribution < -0.4 is 11.2 Å². The predicted molar refractivity (Wildman–Crippen MR) is 66.9 cm³/mol. The number of hydrogen-bond donors (Lipinski definition) is 2. The molecule has 2 amide bonds. The molecule has 2 rings (SSSR count). The smallest absolute Gasteiger partial charge is 0.251 e. The second kappa shape index (κ2) is 5.83. The summed E-state index contributed by atoms with van der Waals surface area (Å²) in [4.78, 5) is 27.3. The van der Waals surface area contributed by atoms with Crippen LogP contribution in [0.1, 0.15) is 42.1 Å². The summed E-state index contributed by atoms with van der Waals surface area (Å²) in [6, 6.07) is 0.222. The number of rotatable bonds is 4. The molecular formula is C12H18N4O3. The van der Waals surface area contributed by atoms with Gasteiger partial charge in [0.15, 0.2) is 0 Å². The topological polar surface area (TPSA) is 99.2 Å². The third-order valence-electron chi connectivity index (χ3n) is 3.53. The summed E-state index contributed by atoms with van der Waals surface area (Å²) >= 11 is 0. The fourth-order valence-corrected chi connectivity index (χ4v) is 2.45. The Morgan fingerprint density at radius 1 is 1.42 bits per heavy atom. The van der Waals surface area contributed by atoms with E-state index < -0.39 is 5.91 Å². The van der Waals surface area contributed by atoms with Gasteiger partial charge < -0.3 is 5.73 Å². The van der Waals surface area contributed by atoms with Gasteiger partial charge in [-0.1, -0.05) is 0 Å². The number of primary amides is 1. The molecule has 0 unspecified atom stereocenters. The van der Waals surface area contributed by atoms with Crippen molar-refractivity contribution in [2.75, 3.05) is 7.11 Å². The minimum Gasteiger partial charge on any atom is -0.366 e. The first-order chi connectivity index (χ1) is 9.11. The largest absolute Gasteiger partial charge is 0.366 e. The van der Waals surface area contributed by atoms with Gasteiger partial charge in [0.2, 0.25) is 5.91 Å². The highest BCUT2D eigenvalue weighted by Crippen LogP contribution is 2.31. The number of hydrogen-bond acceptors (Lipinski definition) is 4. The molecular weight excluding hydrogens is 248 g/mol. The van der Waals surface area contributed by atoms with Crippen LogP contribution >= 0.6 is 0 Å². The molecule has 1 aromatic rings. The van der Waals surface area contributed by atoms with Crippen LogP contribution in [0.25, 0.3) is 0 Å². The number of nitrogens with two attached hydrogens (primary N) is 1. The number of carbonyl (C=O) groups excluding carboxylic acids is 2. The zero-order valence-electron chi connectivity index (χ0n) is 10.8. The predicted octanol–water partition coefficient (Wildman–Crippen LogP) is 0.391. The Labute approximate surface area is 111 Å². The summed E-state index contributed by atoms with van der Waals surface area (Å²) < 4.78 is 1.77. The van der Waals surface area contributed by atoms with Crippen LogP contribution in [-0.4, -0.2) is 28.7 Å². The first-order valence-corrected chi connectivity index (χ1v) is 6.28. The quantitative estimate of drug-likeness (QED) is 0.770. The number of aromatic nitrogens is 2.